The zero-order chi connectivity index (χ0) is 11.5. The van der Waals surface area contributed by atoms with Gasteiger partial charge in [0.05, 0.1) is 5.02 Å². The first-order chi connectivity index (χ1) is 7.65. The van der Waals surface area contributed by atoms with Crippen LogP contribution >= 0.6 is 27.5 Å². The first-order valence-electron chi connectivity index (χ1n) is 5.82. The molecule has 1 aliphatic rings. The van der Waals surface area contributed by atoms with Crippen molar-refractivity contribution in [3.63, 3.8) is 0 Å². The quantitative estimate of drug-likeness (QED) is 0.851. The zero-order valence-corrected chi connectivity index (χ0v) is 11.8. The average Bonchev–Trinajstić information content (AvgIpc) is 3.04. The van der Waals surface area contributed by atoms with Crippen molar-refractivity contribution in [3.05, 3.63) is 33.3 Å². The maximum absolute atomic E-state index is 5.95. The Hall–Kier alpha value is -0.0500. The molecule has 1 aromatic rings. The molecule has 1 fully saturated rings. The number of rotatable bonds is 5. The third kappa shape index (κ3) is 3.76. The molecule has 1 aliphatic carbocycles. The van der Waals surface area contributed by atoms with Crippen LogP contribution in [-0.4, -0.2) is 6.04 Å². The van der Waals surface area contributed by atoms with Gasteiger partial charge in [-0.15, -0.1) is 0 Å². The predicted octanol–water partition coefficient (Wildman–Crippen LogP) is 4.38. The van der Waals surface area contributed by atoms with E-state index in [1.165, 1.54) is 24.8 Å². The van der Waals surface area contributed by atoms with E-state index in [-0.39, 0.29) is 0 Å². The molecular weight excluding hydrogens is 286 g/mol. The normalized spacial score (nSPS) is 17.4. The highest BCUT2D eigenvalue weighted by Crippen LogP contribution is 2.33. The lowest BCUT2D eigenvalue weighted by Gasteiger charge is -2.13. The molecule has 1 unspecified atom stereocenters. The van der Waals surface area contributed by atoms with Gasteiger partial charge in [0.25, 0.3) is 0 Å². The van der Waals surface area contributed by atoms with E-state index in [4.69, 9.17) is 11.6 Å². The molecule has 0 saturated heterocycles. The number of hydrogen-bond donors (Lipinski definition) is 1. The van der Waals surface area contributed by atoms with Gasteiger partial charge in [-0.2, -0.15) is 0 Å². The highest BCUT2D eigenvalue weighted by atomic mass is 79.9. The molecule has 16 heavy (non-hydrogen) atoms. The summed E-state index contributed by atoms with van der Waals surface area (Å²) in [6.07, 6.45) is 4.17. The minimum absolute atomic E-state index is 0.613. The highest BCUT2D eigenvalue weighted by molar-refractivity contribution is 9.10. The number of halogens is 2. The molecule has 0 aromatic heterocycles. The second-order valence-electron chi connectivity index (χ2n) is 4.71. The first kappa shape index (κ1) is 12.4. The molecule has 0 heterocycles. The Morgan fingerprint density at radius 2 is 2.25 bits per heavy atom. The Labute approximate surface area is 111 Å². The monoisotopic (exact) mass is 301 g/mol. The number of benzene rings is 1. The largest absolute Gasteiger partial charge is 0.310 e. The van der Waals surface area contributed by atoms with Crippen molar-refractivity contribution in [2.45, 2.75) is 38.8 Å². The van der Waals surface area contributed by atoms with E-state index in [2.05, 4.69) is 40.3 Å². The van der Waals surface area contributed by atoms with Gasteiger partial charge >= 0.3 is 0 Å². The summed E-state index contributed by atoms with van der Waals surface area (Å²) in [4.78, 5) is 0. The topological polar surface area (TPSA) is 12.0 Å². The summed E-state index contributed by atoms with van der Waals surface area (Å²) in [6, 6.07) is 6.71. The van der Waals surface area contributed by atoms with Gasteiger partial charge in [0.2, 0.25) is 0 Å². The number of hydrogen-bond acceptors (Lipinski definition) is 1. The molecule has 1 nitrogen and oxygen atoms in total. The van der Waals surface area contributed by atoms with Gasteiger partial charge in [0, 0.05) is 17.1 Å². The third-order valence-electron chi connectivity index (χ3n) is 3.02. The van der Waals surface area contributed by atoms with Crippen molar-refractivity contribution < 1.29 is 0 Å². The molecule has 2 rings (SSSR count). The Bertz CT molecular complexity index is 363. The van der Waals surface area contributed by atoms with Gasteiger partial charge in [-0.05, 0) is 52.9 Å². The van der Waals surface area contributed by atoms with E-state index in [9.17, 15) is 0 Å². The average molecular weight is 303 g/mol. The Balaban J connectivity index is 1.81. The fourth-order valence-corrected chi connectivity index (χ4v) is 2.42. The van der Waals surface area contributed by atoms with E-state index in [0.717, 1.165) is 22.0 Å². The van der Waals surface area contributed by atoms with Crippen molar-refractivity contribution in [3.8, 4) is 0 Å². The molecule has 0 amide bonds. The molecular formula is C13H17BrClN. The summed E-state index contributed by atoms with van der Waals surface area (Å²) < 4.78 is 0.975. The molecule has 1 atom stereocenters. The lowest BCUT2D eigenvalue weighted by molar-refractivity contribution is 0.487. The van der Waals surface area contributed by atoms with Crippen molar-refractivity contribution in [1.29, 1.82) is 0 Å². The van der Waals surface area contributed by atoms with Crippen LogP contribution in [0.25, 0.3) is 0 Å². The van der Waals surface area contributed by atoms with Gasteiger partial charge in [-0.3, -0.25) is 0 Å². The SMILES string of the molecule is CC(CC1CC1)NCc1ccc(Cl)c(Br)c1. The minimum Gasteiger partial charge on any atom is -0.310 e. The molecule has 1 saturated carbocycles. The van der Waals surface area contributed by atoms with Crippen LogP contribution in [0.1, 0.15) is 31.7 Å². The lowest BCUT2D eigenvalue weighted by Crippen LogP contribution is -2.25. The van der Waals surface area contributed by atoms with Gasteiger partial charge in [-0.25, -0.2) is 0 Å². The standard InChI is InChI=1S/C13H17BrClN/c1-9(6-10-2-3-10)16-8-11-4-5-13(15)12(14)7-11/h4-5,7,9-10,16H,2-3,6,8H2,1H3. The van der Waals surface area contributed by atoms with Gasteiger partial charge in [0.1, 0.15) is 0 Å². The van der Waals surface area contributed by atoms with E-state index in [1.807, 2.05) is 6.07 Å². The fourth-order valence-electron chi connectivity index (χ4n) is 1.88. The molecule has 3 heteroatoms. The molecule has 0 spiro atoms. The van der Waals surface area contributed by atoms with Crippen LogP contribution in [0.5, 0.6) is 0 Å². The van der Waals surface area contributed by atoms with Crippen molar-refractivity contribution in [2.24, 2.45) is 5.92 Å². The van der Waals surface area contributed by atoms with Gasteiger partial charge < -0.3 is 5.32 Å². The summed E-state index contributed by atoms with van der Waals surface area (Å²) >= 11 is 9.40. The minimum atomic E-state index is 0.613. The summed E-state index contributed by atoms with van der Waals surface area (Å²) in [7, 11) is 0. The van der Waals surface area contributed by atoms with Crippen LogP contribution in [0.3, 0.4) is 0 Å². The van der Waals surface area contributed by atoms with Crippen LogP contribution in [0.2, 0.25) is 5.02 Å². The Kier molecular flexibility index (Phi) is 4.28. The van der Waals surface area contributed by atoms with Gasteiger partial charge in [0.15, 0.2) is 0 Å². The predicted molar refractivity (Wildman–Crippen MR) is 72.8 cm³/mol. The molecule has 0 radical (unpaired) electrons. The van der Waals surface area contributed by atoms with Crippen LogP contribution in [0, 0.1) is 5.92 Å². The van der Waals surface area contributed by atoms with Crippen molar-refractivity contribution in [1.82, 2.24) is 5.32 Å². The molecule has 1 aromatic carbocycles. The molecule has 0 bridgehead atoms. The zero-order valence-electron chi connectivity index (χ0n) is 9.47. The van der Waals surface area contributed by atoms with Crippen molar-refractivity contribution in [2.75, 3.05) is 0 Å². The number of nitrogens with one attached hydrogen (secondary N) is 1. The molecule has 0 aliphatic heterocycles. The second-order valence-corrected chi connectivity index (χ2v) is 5.97. The Morgan fingerprint density at radius 1 is 1.50 bits per heavy atom. The van der Waals surface area contributed by atoms with Crippen molar-refractivity contribution >= 4 is 27.5 Å². The highest BCUT2D eigenvalue weighted by Gasteiger charge is 2.23. The second kappa shape index (κ2) is 5.52. The first-order valence-corrected chi connectivity index (χ1v) is 6.99. The van der Waals surface area contributed by atoms with E-state index in [1.54, 1.807) is 0 Å². The Morgan fingerprint density at radius 3 is 2.88 bits per heavy atom. The summed E-state index contributed by atoms with van der Waals surface area (Å²) in [5.41, 5.74) is 1.28. The summed E-state index contributed by atoms with van der Waals surface area (Å²) in [5.74, 6) is 0.986. The van der Waals surface area contributed by atoms with Crippen LogP contribution in [0.4, 0.5) is 0 Å². The van der Waals surface area contributed by atoms with Crippen LogP contribution < -0.4 is 5.32 Å². The van der Waals surface area contributed by atoms with Crippen LogP contribution in [0.15, 0.2) is 22.7 Å². The van der Waals surface area contributed by atoms with E-state index < -0.39 is 0 Å². The smallest absolute Gasteiger partial charge is 0.0548 e. The lowest BCUT2D eigenvalue weighted by atomic mass is 10.1. The van der Waals surface area contributed by atoms with E-state index >= 15 is 0 Å². The van der Waals surface area contributed by atoms with E-state index in [0.29, 0.717) is 6.04 Å². The summed E-state index contributed by atoms with van der Waals surface area (Å²) in [6.45, 7) is 3.19. The third-order valence-corrected chi connectivity index (χ3v) is 4.24. The van der Waals surface area contributed by atoms with Crippen LogP contribution in [-0.2, 0) is 6.54 Å². The van der Waals surface area contributed by atoms with Gasteiger partial charge in [-0.1, -0.05) is 30.5 Å². The maximum atomic E-state index is 5.95. The maximum Gasteiger partial charge on any atom is 0.0548 e. The fraction of sp³-hybridized carbons (Fsp3) is 0.538. The summed E-state index contributed by atoms with van der Waals surface area (Å²) in [5, 5.41) is 4.33. The molecule has 1 N–H and O–H groups in total. The molecule has 88 valence electrons.